The minimum Gasteiger partial charge on any atom is -0.490 e. The van der Waals surface area contributed by atoms with Gasteiger partial charge in [-0.15, -0.1) is 0 Å². The van der Waals surface area contributed by atoms with Gasteiger partial charge in [-0.1, -0.05) is 18.5 Å². The average Bonchev–Trinajstić information content (AvgIpc) is 2.32. The van der Waals surface area contributed by atoms with Crippen molar-refractivity contribution in [1.82, 2.24) is 0 Å². The number of benzene rings is 1. The van der Waals surface area contributed by atoms with Crippen molar-refractivity contribution in [2.75, 3.05) is 0 Å². The van der Waals surface area contributed by atoms with E-state index in [1.165, 1.54) is 18.9 Å². The first-order chi connectivity index (χ1) is 8.56. The Morgan fingerprint density at radius 3 is 2.56 bits per heavy atom. The highest BCUT2D eigenvalue weighted by Gasteiger charge is 2.20. The number of hydrogen-bond acceptors (Lipinski definition) is 2. The van der Waals surface area contributed by atoms with E-state index in [2.05, 4.69) is 6.92 Å². The topological polar surface area (TPSA) is 46.5 Å². The van der Waals surface area contributed by atoms with Crippen LogP contribution >= 0.6 is 11.6 Å². The summed E-state index contributed by atoms with van der Waals surface area (Å²) < 4.78 is 5.84. The maximum Gasteiger partial charge on any atom is 0.337 e. The number of ether oxygens (including phenoxy) is 1. The second-order valence-corrected chi connectivity index (χ2v) is 5.35. The molecule has 0 heterocycles. The van der Waals surface area contributed by atoms with Crippen molar-refractivity contribution in [3.63, 3.8) is 0 Å². The predicted molar refractivity (Wildman–Crippen MR) is 70.5 cm³/mol. The Morgan fingerprint density at radius 1 is 1.33 bits per heavy atom. The zero-order valence-corrected chi connectivity index (χ0v) is 11.1. The van der Waals surface area contributed by atoms with Gasteiger partial charge in [-0.2, -0.15) is 0 Å². The maximum atomic E-state index is 10.8. The normalized spacial score (nSPS) is 23.7. The number of halogens is 1. The molecule has 0 saturated heterocycles. The Kier molecular flexibility index (Phi) is 4.12. The van der Waals surface area contributed by atoms with Crippen LogP contribution in [0.1, 0.15) is 43.0 Å². The van der Waals surface area contributed by atoms with Gasteiger partial charge in [-0.25, -0.2) is 4.79 Å². The Hall–Kier alpha value is -1.22. The Morgan fingerprint density at radius 2 is 2.00 bits per heavy atom. The first-order valence-corrected chi connectivity index (χ1v) is 6.63. The molecule has 1 aliphatic carbocycles. The van der Waals surface area contributed by atoms with Crippen molar-refractivity contribution < 1.29 is 14.6 Å². The third kappa shape index (κ3) is 3.16. The molecule has 0 spiro atoms. The molecule has 0 unspecified atom stereocenters. The van der Waals surface area contributed by atoms with Crippen molar-refractivity contribution in [1.29, 1.82) is 0 Å². The molecule has 2 rings (SSSR count). The molecule has 1 saturated carbocycles. The third-order valence-corrected chi connectivity index (χ3v) is 3.75. The van der Waals surface area contributed by atoms with E-state index in [-0.39, 0.29) is 16.7 Å². The minimum absolute atomic E-state index is 0.112. The minimum atomic E-state index is -1.02. The van der Waals surface area contributed by atoms with Gasteiger partial charge in [0.05, 0.1) is 16.7 Å². The fourth-order valence-electron chi connectivity index (χ4n) is 2.28. The number of carbonyl (C=O) groups is 1. The molecule has 1 aliphatic rings. The highest BCUT2D eigenvalue weighted by molar-refractivity contribution is 6.33. The lowest BCUT2D eigenvalue weighted by Crippen LogP contribution is -2.23. The Labute approximate surface area is 112 Å². The van der Waals surface area contributed by atoms with Gasteiger partial charge in [0.25, 0.3) is 0 Å². The van der Waals surface area contributed by atoms with Gasteiger partial charge in [-0.05, 0) is 49.8 Å². The molecule has 0 bridgehead atoms. The van der Waals surface area contributed by atoms with Crippen LogP contribution < -0.4 is 4.74 Å². The summed E-state index contributed by atoms with van der Waals surface area (Å²) in [6, 6.07) is 4.75. The highest BCUT2D eigenvalue weighted by Crippen LogP contribution is 2.29. The van der Waals surface area contributed by atoms with Crippen LogP contribution in [0.2, 0.25) is 5.02 Å². The molecule has 1 N–H and O–H groups in total. The van der Waals surface area contributed by atoms with Gasteiger partial charge in [0.15, 0.2) is 0 Å². The van der Waals surface area contributed by atoms with Crippen molar-refractivity contribution in [2.24, 2.45) is 5.92 Å². The summed E-state index contributed by atoms with van der Waals surface area (Å²) in [7, 11) is 0. The van der Waals surface area contributed by atoms with E-state index in [0.29, 0.717) is 5.75 Å². The Bertz CT molecular complexity index is 437. The molecular weight excluding hydrogens is 252 g/mol. The number of rotatable bonds is 3. The zero-order valence-electron chi connectivity index (χ0n) is 10.4. The van der Waals surface area contributed by atoms with Crippen LogP contribution in [0.4, 0.5) is 0 Å². The van der Waals surface area contributed by atoms with Crippen LogP contribution in [0.5, 0.6) is 5.75 Å². The van der Waals surface area contributed by atoms with Crippen molar-refractivity contribution in [3.05, 3.63) is 28.8 Å². The van der Waals surface area contributed by atoms with Gasteiger partial charge in [0.1, 0.15) is 5.75 Å². The van der Waals surface area contributed by atoms with Crippen LogP contribution in [0.25, 0.3) is 0 Å². The van der Waals surface area contributed by atoms with Crippen molar-refractivity contribution >= 4 is 17.6 Å². The molecule has 4 heteroatoms. The number of hydrogen-bond donors (Lipinski definition) is 1. The first-order valence-electron chi connectivity index (χ1n) is 6.25. The highest BCUT2D eigenvalue weighted by atomic mass is 35.5. The summed E-state index contributed by atoms with van der Waals surface area (Å²) >= 11 is 5.90. The molecular formula is C14H17ClO3. The lowest BCUT2D eigenvalue weighted by atomic mass is 9.89. The van der Waals surface area contributed by atoms with Gasteiger partial charge in [0, 0.05) is 0 Å². The van der Waals surface area contributed by atoms with E-state index in [4.69, 9.17) is 21.4 Å². The van der Waals surface area contributed by atoms with Gasteiger partial charge in [0.2, 0.25) is 0 Å². The Balaban J connectivity index is 2.02. The second-order valence-electron chi connectivity index (χ2n) is 4.95. The van der Waals surface area contributed by atoms with E-state index in [9.17, 15) is 4.79 Å². The van der Waals surface area contributed by atoms with Crippen molar-refractivity contribution in [3.8, 4) is 5.75 Å². The van der Waals surface area contributed by atoms with E-state index < -0.39 is 5.97 Å². The number of carboxylic acid groups (broad SMARTS) is 1. The van der Waals surface area contributed by atoms with Crippen LogP contribution in [-0.2, 0) is 0 Å². The SMILES string of the molecule is CC1CCC(Oc2ccc(C(=O)O)c(Cl)c2)CC1. The van der Waals surface area contributed by atoms with Crippen molar-refractivity contribution in [2.45, 2.75) is 38.7 Å². The first kappa shape index (κ1) is 13.2. The standard InChI is InChI=1S/C14H17ClO3/c1-9-2-4-10(5-3-9)18-11-6-7-12(14(16)17)13(15)8-11/h6-10H,2-5H2,1H3,(H,16,17). The van der Waals surface area contributed by atoms with Crippen LogP contribution in [0, 0.1) is 5.92 Å². The molecule has 0 amide bonds. The quantitative estimate of drug-likeness (QED) is 0.901. The maximum absolute atomic E-state index is 10.8. The lowest BCUT2D eigenvalue weighted by Gasteiger charge is -2.27. The molecule has 0 atom stereocenters. The summed E-state index contributed by atoms with van der Waals surface area (Å²) in [6.07, 6.45) is 4.71. The summed E-state index contributed by atoms with van der Waals surface area (Å²) in [6.45, 7) is 2.26. The monoisotopic (exact) mass is 268 g/mol. The second kappa shape index (κ2) is 5.61. The lowest BCUT2D eigenvalue weighted by molar-refractivity contribution is 0.0697. The summed E-state index contributed by atoms with van der Waals surface area (Å²) in [5.41, 5.74) is 0.112. The fourth-order valence-corrected chi connectivity index (χ4v) is 2.53. The van der Waals surface area contributed by atoms with E-state index in [1.54, 1.807) is 12.1 Å². The number of aromatic carboxylic acids is 1. The molecule has 0 aliphatic heterocycles. The molecule has 1 fully saturated rings. The summed E-state index contributed by atoms with van der Waals surface area (Å²) in [5.74, 6) is 0.422. The van der Waals surface area contributed by atoms with Crippen LogP contribution in [0.3, 0.4) is 0 Å². The smallest absolute Gasteiger partial charge is 0.337 e. The molecule has 1 aromatic carbocycles. The summed E-state index contributed by atoms with van der Waals surface area (Å²) in [4.78, 5) is 10.8. The van der Waals surface area contributed by atoms with Crippen LogP contribution in [-0.4, -0.2) is 17.2 Å². The van der Waals surface area contributed by atoms with Gasteiger partial charge in [-0.3, -0.25) is 0 Å². The molecule has 0 radical (unpaired) electrons. The third-order valence-electron chi connectivity index (χ3n) is 3.44. The van der Waals surface area contributed by atoms with Crippen LogP contribution in [0.15, 0.2) is 18.2 Å². The van der Waals surface area contributed by atoms with Gasteiger partial charge < -0.3 is 9.84 Å². The van der Waals surface area contributed by atoms with Gasteiger partial charge >= 0.3 is 5.97 Å². The average molecular weight is 269 g/mol. The fraction of sp³-hybridized carbons (Fsp3) is 0.500. The van der Waals surface area contributed by atoms with E-state index in [1.807, 2.05) is 0 Å². The molecule has 18 heavy (non-hydrogen) atoms. The molecule has 0 aromatic heterocycles. The zero-order chi connectivity index (χ0) is 13.1. The largest absolute Gasteiger partial charge is 0.490 e. The molecule has 98 valence electrons. The summed E-state index contributed by atoms with van der Waals surface area (Å²) in [5, 5.41) is 9.11. The molecule has 1 aromatic rings. The predicted octanol–water partition coefficient (Wildman–Crippen LogP) is 4.00. The number of carboxylic acids is 1. The van der Waals surface area contributed by atoms with E-state index >= 15 is 0 Å². The molecule has 3 nitrogen and oxygen atoms in total. The van der Waals surface area contributed by atoms with E-state index in [0.717, 1.165) is 18.8 Å².